The van der Waals surface area contributed by atoms with Crippen LogP contribution in [0.1, 0.15) is 23.2 Å². The Kier molecular flexibility index (Phi) is 5.74. The van der Waals surface area contributed by atoms with E-state index >= 15 is 0 Å². The smallest absolute Gasteiger partial charge is 0.337 e. The fourth-order valence-electron chi connectivity index (χ4n) is 2.67. The Bertz CT molecular complexity index is 636. The number of carbonyl (C=O) groups excluding carboxylic acids is 1. The molecular formula is C15H22N2O5S. The lowest BCUT2D eigenvalue weighted by atomic mass is 9.99. The van der Waals surface area contributed by atoms with E-state index in [-0.39, 0.29) is 17.0 Å². The molecule has 0 radical (unpaired) electrons. The minimum Gasteiger partial charge on any atom is -0.465 e. The van der Waals surface area contributed by atoms with Crippen LogP contribution in [0.15, 0.2) is 29.2 Å². The van der Waals surface area contributed by atoms with Crippen LogP contribution in [-0.2, 0) is 19.5 Å². The van der Waals surface area contributed by atoms with Crippen molar-refractivity contribution in [3.8, 4) is 0 Å². The highest BCUT2D eigenvalue weighted by molar-refractivity contribution is 7.89. The van der Waals surface area contributed by atoms with Crippen molar-refractivity contribution in [2.75, 3.05) is 33.9 Å². The van der Waals surface area contributed by atoms with Gasteiger partial charge in [0.1, 0.15) is 0 Å². The summed E-state index contributed by atoms with van der Waals surface area (Å²) < 4.78 is 37.2. The summed E-state index contributed by atoms with van der Waals surface area (Å²) in [5, 5.41) is 3.31. The highest BCUT2D eigenvalue weighted by atomic mass is 32.2. The van der Waals surface area contributed by atoms with Crippen LogP contribution in [0.25, 0.3) is 0 Å². The van der Waals surface area contributed by atoms with Crippen molar-refractivity contribution in [3.05, 3.63) is 29.8 Å². The quantitative estimate of drug-likeness (QED) is 0.702. The molecule has 0 amide bonds. The van der Waals surface area contributed by atoms with Gasteiger partial charge in [0, 0.05) is 13.7 Å². The number of hydrogen-bond donors (Lipinski definition) is 2. The average Bonchev–Trinajstić information content (AvgIpc) is 3.02. The van der Waals surface area contributed by atoms with Crippen LogP contribution in [0, 0.1) is 0 Å². The van der Waals surface area contributed by atoms with Crippen LogP contribution in [0.5, 0.6) is 0 Å². The molecule has 1 aromatic rings. The first kappa shape index (κ1) is 17.9. The van der Waals surface area contributed by atoms with Crippen LogP contribution < -0.4 is 10.0 Å². The van der Waals surface area contributed by atoms with Gasteiger partial charge < -0.3 is 14.8 Å². The highest BCUT2D eigenvalue weighted by Crippen LogP contribution is 2.20. The van der Waals surface area contributed by atoms with Gasteiger partial charge in [-0.05, 0) is 43.7 Å². The van der Waals surface area contributed by atoms with Crippen LogP contribution >= 0.6 is 0 Å². The van der Waals surface area contributed by atoms with E-state index in [4.69, 9.17) is 4.74 Å². The number of sulfonamides is 1. The number of hydrogen-bond acceptors (Lipinski definition) is 6. The first-order valence-corrected chi connectivity index (χ1v) is 8.83. The topological polar surface area (TPSA) is 93.7 Å². The Morgan fingerprint density at radius 1 is 1.30 bits per heavy atom. The second-order valence-electron chi connectivity index (χ2n) is 5.58. The lowest BCUT2D eigenvalue weighted by Gasteiger charge is -2.28. The van der Waals surface area contributed by atoms with Gasteiger partial charge in [-0.3, -0.25) is 0 Å². The molecule has 7 nitrogen and oxygen atoms in total. The standard InChI is InChI=1S/C15H22N2O5S/c1-21-11-15(8-3-9-16-15)10-17-23(19,20)13-6-4-12(5-7-13)14(18)22-2/h4-7,16-17H,3,8-11H2,1-2H3. The van der Waals surface area contributed by atoms with Gasteiger partial charge in [0.15, 0.2) is 0 Å². The Balaban J connectivity index is 2.08. The van der Waals surface area contributed by atoms with Crippen molar-refractivity contribution in [2.24, 2.45) is 0 Å². The molecule has 1 unspecified atom stereocenters. The molecule has 0 bridgehead atoms. The van der Waals surface area contributed by atoms with E-state index in [1.807, 2.05) is 0 Å². The molecule has 1 aliphatic heterocycles. The van der Waals surface area contributed by atoms with Crippen molar-refractivity contribution < 1.29 is 22.7 Å². The van der Waals surface area contributed by atoms with E-state index in [0.717, 1.165) is 19.4 Å². The largest absolute Gasteiger partial charge is 0.465 e. The first-order valence-electron chi connectivity index (χ1n) is 7.34. The lowest BCUT2D eigenvalue weighted by Crippen LogP contribution is -2.52. The van der Waals surface area contributed by atoms with Gasteiger partial charge in [-0.25, -0.2) is 17.9 Å². The third-order valence-corrected chi connectivity index (χ3v) is 5.36. The van der Waals surface area contributed by atoms with E-state index in [9.17, 15) is 13.2 Å². The van der Waals surface area contributed by atoms with Crippen molar-refractivity contribution in [1.29, 1.82) is 0 Å². The van der Waals surface area contributed by atoms with E-state index < -0.39 is 16.0 Å². The molecular weight excluding hydrogens is 320 g/mol. The minimum absolute atomic E-state index is 0.107. The molecule has 1 aromatic carbocycles. The summed E-state index contributed by atoms with van der Waals surface area (Å²) in [6.07, 6.45) is 1.84. The fourth-order valence-corrected chi connectivity index (χ4v) is 3.80. The van der Waals surface area contributed by atoms with Crippen molar-refractivity contribution >= 4 is 16.0 Å². The third kappa shape index (κ3) is 4.29. The maximum absolute atomic E-state index is 12.4. The predicted molar refractivity (Wildman–Crippen MR) is 84.8 cm³/mol. The van der Waals surface area contributed by atoms with Crippen LogP contribution in [-0.4, -0.2) is 53.8 Å². The summed E-state index contributed by atoms with van der Waals surface area (Å²) in [4.78, 5) is 11.5. The molecule has 0 aliphatic carbocycles. The lowest BCUT2D eigenvalue weighted by molar-refractivity contribution is 0.0600. The molecule has 1 aliphatic rings. The van der Waals surface area contributed by atoms with Crippen LogP contribution in [0.3, 0.4) is 0 Å². The van der Waals surface area contributed by atoms with Gasteiger partial charge >= 0.3 is 5.97 Å². The van der Waals surface area contributed by atoms with Crippen molar-refractivity contribution in [2.45, 2.75) is 23.3 Å². The Labute approximate surface area is 136 Å². The molecule has 2 rings (SSSR count). The van der Waals surface area contributed by atoms with Gasteiger partial charge in [-0.1, -0.05) is 0 Å². The van der Waals surface area contributed by atoms with E-state index in [0.29, 0.717) is 12.2 Å². The van der Waals surface area contributed by atoms with Gasteiger partial charge in [0.05, 0.1) is 29.7 Å². The SMILES string of the molecule is COCC1(CNS(=O)(=O)c2ccc(C(=O)OC)cc2)CCCN1. The van der Waals surface area contributed by atoms with Gasteiger partial charge in [0.2, 0.25) is 10.0 Å². The summed E-state index contributed by atoms with van der Waals surface area (Å²) in [7, 11) is -0.776. The molecule has 2 N–H and O–H groups in total. The second-order valence-corrected chi connectivity index (χ2v) is 7.35. The summed E-state index contributed by atoms with van der Waals surface area (Å²) in [5.41, 5.74) is -0.0619. The summed E-state index contributed by atoms with van der Waals surface area (Å²) in [6, 6.07) is 5.64. The zero-order valence-corrected chi connectivity index (χ0v) is 14.1. The molecule has 0 saturated carbocycles. The molecule has 8 heteroatoms. The summed E-state index contributed by atoms with van der Waals surface area (Å²) in [5.74, 6) is -0.504. The second kappa shape index (κ2) is 7.39. The number of rotatable bonds is 7. The molecule has 0 aromatic heterocycles. The van der Waals surface area contributed by atoms with Crippen molar-refractivity contribution in [1.82, 2.24) is 10.0 Å². The van der Waals surface area contributed by atoms with E-state index in [1.165, 1.54) is 31.4 Å². The summed E-state index contributed by atoms with van der Waals surface area (Å²) in [6.45, 7) is 1.54. The van der Waals surface area contributed by atoms with Gasteiger partial charge in [0.25, 0.3) is 0 Å². The fraction of sp³-hybridized carbons (Fsp3) is 0.533. The maximum atomic E-state index is 12.4. The van der Waals surface area contributed by atoms with Crippen LogP contribution in [0.2, 0.25) is 0 Å². The number of esters is 1. The van der Waals surface area contributed by atoms with Gasteiger partial charge in [-0.2, -0.15) is 0 Å². The average molecular weight is 342 g/mol. The normalized spacial score (nSPS) is 21.3. The molecule has 0 spiro atoms. The van der Waals surface area contributed by atoms with Crippen molar-refractivity contribution in [3.63, 3.8) is 0 Å². The molecule has 1 saturated heterocycles. The van der Waals surface area contributed by atoms with Gasteiger partial charge in [-0.15, -0.1) is 0 Å². The Hall–Kier alpha value is -1.48. The molecule has 23 heavy (non-hydrogen) atoms. The highest BCUT2D eigenvalue weighted by Gasteiger charge is 2.34. The monoisotopic (exact) mass is 342 g/mol. The maximum Gasteiger partial charge on any atom is 0.337 e. The zero-order valence-electron chi connectivity index (χ0n) is 13.3. The number of nitrogens with one attached hydrogen (secondary N) is 2. The minimum atomic E-state index is -3.65. The molecule has 128 valence electrons. The first-order chi connectivity index (χ1) is 10.9. The zero-order chi connectivity index (χ0) is 16.9. The Morgan fingerprint density at radius 2 is 2.00 bits per heavy atom. The van der Waals surface area contributed by atoms with Crippen LogP contribution in [0.4, 0.5) is 0 Å². The van der Waals surface area contributed by atoms with E-state index in [1.54, 1.807) is 7.11 Å². The number of ether oxygens (including phenoxy) is 2. The summed E-state index contributed by atoms with van der Waals surface area (Å²) >= 11 is 0. The third-order valence-electron chi connectivity index (χ3n) is 3.94. The molecule has 1 heterocycles. The molecule has 1 fully saturated rings. The number of benzene rings is 1. The Morgan fingerprint density at radius 3 is 2.52 bits per heavy atom. The van der Waals surface area contributed by atoms with E-state index in [2.05, 4.69) is 14.8 Å². The number of methoxy groups -OCH3 is 2. The number of carbonyl (C=O) groups is 1. The molecule has 1 atom stereocenters. The predicted octanol–water partition coefficient (Wildman–Crippen LogP) is 0.520.